The second-order valence-electron chi connectivity index (χ2n) is 3.94. The SMILES string of the molecule is ClCC1CO1.NCCNCCNCCNCCN. The van der Waals surface area contributed by atoms with Gasteiger partial charge in [0, 0.05) is 52.4 Å². The largest absolute Gasteiger partial charge is 0.372 e. The van der Waals surface area contributed by atoms with E-state index in [1.54, 1.807) is 0 Å². The number of hydrogen-bond acceptors (Lipinski definition) is 6. The predicted octanol–water partition coefficient (Wildman–Crippen LogP) is -1.70. The molecule has 18 heavy (non-hydrogen) atoms. The summed E-state index contributed by atoms with van der Waals surface area (Å²) in [5.41, 5.74) is 10.6. The molecular formula is C11H28ClN5O. The molecule has 1 rings (SSSR count). The Morgan fingerprint density at radius 2 is 1.28 bits per heavy atom. The van der Waals surface area contributed by atoms with Crippen molar-refractivity contribution in [1.82, 2.24) is 16.0 Å². The first-order chi connectivity index (χ1) is 8.85. The fourth-order valence-corrected chi connectivity index (χ4v) is 1.27. The van der Waals surface area contributed by atoms with Gasteiger partial charge in [0.2, 0.25) is 0 Å². The molecule has 0 bridgehead atoms. The molecule has 0 saturated carbocycles. The number of ether oxygens (including phenoxy) is 1. The van der Waals surface area contributed by atoms with Crippen LogP contribution in [0.2, 0.25) is 0 Å². The minimum atomic E-state index is 0.400. The van der Waals surface area contributed by atoms with Crippen molar-refractivity contribution in [3.05, 3.63) is 0 Å². The van der Waals surface area contributed by atoms with E-state index in [1.807, 2.05) is 0 Å². The maximum Gasteiger partial charge on any atom is 0.0944 e. The van der Waals surface area contributed by atoms with Crippen molar-refractivity contribution in [3.8, 4) is 0 Å². The molecule has 0 aromatic rings. The van der Waals surface area contributed by atoms with Crippen molar-refractivity contribution >= 4 is 11.6 Å². The molecule has 1 fully saturated rings. The molecule has 1 aliphatic heterocycles. The van der Waals surface area contributed by atoms with Crippen molar-refractivity contribution in [2.45, 2.75) is 6.10 Å². The summed E-state index contributed by atoms with van der Waals surface area (Å²) in [6.07, 6.45) is 0.400. The van der Waals surface area contributed by atoms with E-state index in [2.05, 4.69) is 16.0 Å². The molecule has 0 aromatic heterocycles. The Bertz CT molecular complexity index is 150. The van der Waals surface area contributed by atoms with E-state index in [9.17, 15) is 0 Å². The molecule has 6 nitrogen and oxygen atoms in total. The zero-order valence-electron chi connectivity index (χ0n) is 11.1. The van der Waals surface area contributed by atoms with Crippen molar-refractivity contribution < 1.29 is 4.74 Å². The highest BCUT2D eigenvalue weighted by Crippen LogP contribution is 2.08. The van der Waals surface area contributed by atoms with Crippen LogP contribution in [0.3, 0.4) is 0 Å². The Morgan fingerprint density at radius 3 is 1.50 bits per heavy atom. The van der Waals surface area contributed by atoms with E-state index in [0.717, 1.165) is 45.9 Å². The molecular weight excluding hydrogens is 254 g/mol. The van der Waals surface area contributed by atoms with E-state index in [0.29, 0.717) is 25.1 Å². The predicted molar refractivity (Wildman–Crippen MR) is 77.2 cm³/mol. The Hall–Kier alpha value is 0.0500. The molecule has 7 heteroatoms. The Labute approximate surface area is 115 Å². The first-order valence-electron chi connectivity index (χ1n) is 6.55. The fraction of sp³-hybridized carbons (Fsp3) is 1.00. The van der Waals surface area contributed by atoms with Crippen molar-refractivity contribution in [3.63, 3.8) is 0 Å². The van der Waals surface area contributed by atoms with Crippen molar-refractivity contribution in [1.29, 1.82) is 0 Å². The monoisotopic (exact) mass is 281 g/mol. The van der Waals surface area contributed by atoms with Crippen LogP contribution in [0.15, 0.2) is 0 Å². The topological polar surface area (TPSA) is 101 Å². The lowest BCUT2D eigenvalue weighted by atomic mass is 10.5. The molecule has 110 valence electrons. The van der Waals surface area contributed by atoms with Gasteiger partial charge in [-0.3, -0.25) is 0 Å². The van der Waals surface area contributed by atoms with E-state index in [4.69, 9.17) is 27.8 Å². The first-order valence-corrected chi connectivity index (χ1v) is 7.08. The number of alkyl halides is 1. The highest BCUT2D eigenvalue weighted by atomic mass is 35.5. The van der Waals surface area contributed by atoms with Gasteiger partial charge in [-0.15, -0.1) is 11.6 Å². The molecule has 0 amide bonds. The molecule has 0 aliphatic carbocycles. The van der Waals surface area contributed by atoms with Crippen LogP contribution in [0.1, 0.15) is 0 Å². The molecule has 1 saturated heterocycles. The number of epoxide rings is 1. The molecule has 1 aliphatic rings. The van der Waals surface area contributed by atoms with Gasteiger partial charge in [0.15, 0.2) is 0 Å². The summed E-state index contributed by atoms with van der Waals surface area (Å²) in [5.74, 6) is 0.667. The highest BCUT2D eigenvalue weighted by molar-refractivity contribution is 6.18. The number of nitrogens with one attached hydrogen (secondary N) is 3. The van der Waals surface area contributed by atoms with Gasteiger partial charge >= 0.3 is 0 Å². The van der Waals surface area contributed by atoms with E-state index in [1.165, 1.54) is 0 Å². The lowest BCUT2D eigenvalue weighted by Crippen LogP contribution is -2.35. The summed E-state index contributed by atoms with van der Waals surface area (Å²) < 4.78 is 4.73. The van der Waals surface area contributed by atoms with Crippen LogP contribution < -0.4 is 27.4 Å². The van der Waals surface area contributed by atoms with Crippen molar-refractivity contribution in [2.75, 3.05) is 64.8 Å². The van der Waals surface area contributed by atoms with Crippen LogP contribution in [0.25, 0.3) is 0 Å². The van der Waals surface area contributed by atoms with Gasteiger partial charge < -0.3 is 32.2 Å². The van der Waals surface area contributed by atoms with Gasteiger partial charge in [-0.2, -0.15) is 0 Å². The number of nitrogens with two attached hydrogens (primary N) is 2. The van der Waals surface area contributed by atoms with E-state index in [-0.39, 0.29) is 0 Å². The molecule has 0 aromatic carbocycles. The van der Waals surface area contributed by atoms with Gasteiger partial charge in [-0.25, -0.2) is 0 Å². The van der Waals surface area contributed by atoms with Gasteiger partial charge in [-0.1, -0.05) is 0 Å². The minimum Gasteiger partial charge on any atom is -0.372 e. The van der Waals surface area contributed by atoms with E-state index < -0.39 is 0 Å². The average Bonchev–Trinajstić information content (AvgIpc) is 3.21. The molecule has 1 unspecified atom stereocenters. The van der Waals surface area contributed by atoms with Gasteiger partial charge in [0.05, 0.1) is 18.6 Å². The molecule has 1 heterocycles. The molecule has 0 radical (unpaired) electrons. The zero-order chi connectivity index (χ0) is 13.5. The minimum absolute atomic E-state index is 0.400. The summed E-state index contributed by atoms with van der Waals surface area (Å²) in [4.78, 5) is 0. The van der Waals surface area contributed by atoms with E-state index >= 15 is 0 Å². The van der Waals surface area contributed by atoms with Crippen LogP contribution >= 0.6 is 11.6 Å². The van der Waals surface area contributed by atoms with Crippen LogP contribution in [-0.2, 0) is 4.74 Å². The number of rotatable bonds is 11. The third kappa shape index (κ3) is 16.1. The highest BCUT2D eigenvalue weighted by Gasteiger charge is 2.19. The third-order valence-electron chi connectivity index (χ3n) is 2.17. The number of hydrogen-bond donors (Lipinski definition) is 5. The summed E-state index contributed by atoms with van der Waals surface area (Å²) in [7, 11) is 0. The lowest BCUT2D eigenvalue weighted by molar-refractivity contribution is 0.425. The molecule has 1 atom stereocenters. The van der Waals surface area contributed by atoms with Crippen LogP contribution in [0.4, 0.5) is 0 Å². The summed E-state index contributed by atoms with van der Waals surface area (Å²) >= 11 is 5.27. The Morgan fingerprint density at radius 1 is 0.889 bits per heavy atom. The normalized spacial score (nSPS) is 17.2. The lowest BCUT2D eigenvalue weighted by Gasteiger charge is -2.06. The molecule has 0 spiro atoms. The first kappa shape index (κ1) is 18.0. The maximum atomic E-state index is 5.32. The van der Waals surface area contributed by atoms with Crippen molar-refractivity contribution in [2.24, 2.45) is 11.5 Å². The van der Waals surface area contributed by atoms with Gasteiger partial charge in [0.1, 0.15) is 0 Å². The maximum absolute atomic E-state index is 5.32. The summed E-state index contributed by atoms with van der Waals surface area (Å²) in [6.45, 7) is 8.02. The number of halogens is 1. The van der Waals surface area contributed by atoms with Crippen LogP contribution in [0.5, 0.6) is 0 Å². The third-order valence-corrected chi connectivity index (χ3v) is 2.52. The Balaban J connectivity index is 0.000000473. The summed E-state index contributed by atoms with van der Waals surface area (Å²) in [5, 5.41) is 9.71. The standard InChI is InChI=1S/C8H23N5.C3H5ClO/c9-1-3-11-5-7-13-8-6-12-4-2-10;4-1-3-2-5-3/h11-13H,1-10H2;3H,1-2H2. The van der Waals surface area contributed by atoms with Crippen LogP contribution in [-0.4, -0.2) is 70.9 Å². The second-order valence-corrected chi connectivity index (χ2v) is 4.25. The second kappa shape index (κ2) is 15.1. The quantitative estimate of drug-likeness (QED) is 0.176. The zero-order valence-corrected chi connectivity index (χ0v) is 11.8. The van der Waals surface area contributed by atoms with Crippen LogP contribution in [0, 0.1) is 0 Å². The average molecular weight is 282 g/mol. The summed E-state index contributed by atoms with van der Waals surface area (Å²) in [6, 6.07) is 0. The smallest absolute Gasteiger partial charge is 0.0944 e. The Kier molecular flexibility index (Phi) is 15.2. The molecule has 7 N–H and O–H groups in total. The fourth-order valence-electron chi connectivity index (χ4n) is 1.09. The van der Waals surface area contributed by atoms with Gasteiger partial charge in [-0.05, 0) is 0 Å². The van der Waals surface area contributed by atoms with Gasteiger partial charge in [0.25, 0.3) is 0 Å².